The van der Waals surface area contributed by atoms with Crippen molar-refractivity contribution in [3.63, 3.8) is 0 Å². The first-order chi connectivity index (χ1) is 22.0. The Morgan fingerprint density at radius 1 is 0.556 bits per heavy atom. The fraction of sp³-hybridized carbons (Fsp3) is 0.0256. The van der Waals surface area contributed by atoms with Crippen LogP contribution in [0.3, 0.4) is 0 Å². The fourth-order valence-corrected chi connectivity index (χ4v) is 6.49. The number of para-hydroxylation sites is 2. The molecule has 0 bridgehead atoms. The van der Waals surface area contributed by atoms with Crippen LogP contribution in [0.1, 0.15) is 5.82 Å². The van der Waals surface area contributed by atoms with Crippen molar-refractivity contribution in [2.24, 2.45) is 0 Å². The van der Waals surface area contributed by atoms with Gasteiger partial charge < -0.3 is 5.11 Å². The number of pyridine rings is 1. The van der Waals surface area contributed by atoms with Crippen molar-refractivity contribution in [3.8, 4) is 39.1 Å². The van der Waals surface area contributed by atoms with Crippen molar-refractivity contribution in [3.05, 3.63) is 152 Å². The molecule has 0 saturated heterocycles. The lowest BCUT2D eigenvalue weighted by Gasteiger charge is -2.21. The average Bonchev–Trinajstić information content (AvgIpc) is 3.48. The minimum atomic E-state index is -2.12. The topological polar surface area (TPSA) is 50.9 Å². The highest BCUT2D eigenvalue weighted by atomic mass is 16.3. The average molecular weight is 573 g/mol. The first kappa shape index (κ1) is 27.1. The van der Waals surface area contributed by atoms with Crippen LogP contribution in [-0.2, 0) is 5.40 Å². The second-order valence-corrected chi connectivity index (χ2v) is 11.3. The quantitative estimate of drug-likeness (QED) is 0.167. The molecule has 8 rings (SSSR count). The van der Waals surface area contributed by atoms with E-state index in [9.17, 15) is 5.11 Å². The predicted molar refractivity (Wildman–Crippen MR) is 186 cm³/mol. The predicted octanol–water partition coefficient (Wildman–Crippen LogP) is 8.17. The van der Waals surface area contributed by atoms with Crippen LogP contribution in [0.5, 0.6) is 0 Å². The van der Waals surface area contributed by atoms with Gasteiger partial charge in [0.1, 0.15) is 21.5 Å². The second kappa shape index (κ2) is 10.6. The van der Waals surface area contributed by atoms with Crippen LogP contribution >= 0.6 is 0 Å². The molecular formula is C39H25B2N3O. The van der Waals surface area contributed by atoms with Gasteiger partial charge in [-0.25, -0.2) is 4.98 Å². The van der Waals surface area contributed by atoms with Gasteiger partial charge in [0.15, 0.2) is 0 Å². The van der Waals surface area contributed by atoms with E-state index in [0.717, 1.165) is 60.6 Å². The van der Waals surface area contributed by atoms with E-state index in [1.165, 1.54) is 5.56 Å². The Kier molecular flexibility index (Phi) is 6.40. The van der Waals surface area contributed by atoms with E-state index in [0.29, 0.717) is 5.52 Å². The maximum Gasteiger partial charge on any atom is 0.127 e. The molecule has 1 N–H and O–H groups in total. The molecule has 0 fully saturated rings. The number of rotatable bonds is 5. The number of imidazole rings is 1. The Bertz CT molecular complexity index is 2320. The van der Waals surface area contributed by atoms with Crippen molar-refractivity contribution < 1.29 is 5.11 Å². The van der Waals surface area contributed by atoms with E-state index in [4.69, 9.17) is 15.7 Å². The van der Waals surface area contributed by atoms with Crippen molar-refractivity contribution in [1.29, 1.82) is 0 Å². The smallest absolute Gasteiger partial charge is 0.127 e. The van der Waals surface area contributed by atoms with Crippen LogP contribution in [0.15, 0.2) is 146 Å². The molecule has 2 heterocycles. The standard InChI is InChI=1S/C39H25B2N3O/c40-39(41,45)38-43-34-19-5-6-20-35(34)44(38)29-14-8-12-27(23-29)37-32-17-3-1-15-30(32)36(31-16-2-4-18-33(31)37)26-11-7-10-25(22-26)28-13-9-21-42-24-28/h1-24,45H. The summed E-state index contributed by atoms with van der Waals surface area (Å²) < 4.78 is 1.83. The summed E-state index contributed by atoms with van der Waals surface area (Å²) in [6, 6.07) is 45.8. The molecule has 0 spiro atoms. The van der Waals surface area contributed by atoms with Crippen molar-refractivity contribution in [2.45, 2.75) is 5.40 Å². The van der Waals surface area contributed by atoms with E-state index >= 15 is 0 Å². The highest BCUT2D eigenvalue weighted by molar-refractivity contribution is 6.38. The van der Waals surface area contributed by atoms with Gasteiger partial charge in [0, 0.05) is 29.0 Å². The fourth-order valence-electron chi connectivity index (χ4n) is 6.49. The number of benzene rings is 6. The Balaban J connectivity index is 1.39. The monoisotopic (exact) mass is 573 g/mol. The van der Waals surface area contributed by atoms with Crippen LogP contribution in [0, 0.1) is 0 Å². The van der Waals surface area contributed by atoms with E-state index in [-0.39, 0.29) is 5.82 Å². The lowest BCUT2D eigenvalue weighted by atomic mass is 9.65. The lowest BCUT2D eigenvalue weighted by molar-refractivity contribution is 0.205. The first-order valence-corrected chi connectivity index (χ1v) is 14.8. The Morgan fingerprint density at radius 3 is 1.73 bits per heavy atom. The summed E-state index contributed by atoms with van der Waals surface area (Å²) in [5.74, 6) is 0.166. The van der Waals surface area contributed by atoms with E-state index in [1.54, 1.807) is 6.20 Å². The van der Waals surface area contributed by atoms with E-state index in [1.807, 2.05) is 53.2 Å². The molecular weight excluding hydrogens is 548 g/mol. The molecule has 0 aliphatic heterocycles. The van der Waals surface area contributed by atoms with Crippen LogP contribution < -0.4 is 0 Å². The number of fused-ring (bicyclic) bond motifs is 3. The molecule has 208 valence electrons. The van der Waals surface area contributed by atoms with Crippen LogP contribution in [0.4, 0.5) is 0 Å². The third kappa shape index (κ3) is 4.62. The van der Waals surface area contributed by atoms with Gasteiger partial charge in [0.05, 0.1) is 11.0 Å². The van der Waals surface area contributed by atoms with Crippen molar-refractivity contribution >= 4 is 48.3 Å². The molecule has 8 aromatic rings. The summed E-state index contributed by atoms with van der Waals surface area (Å²) in [6.07, 6.45) is 3.70. The van der Waals surface area contributed by atoms with Gasteiger partial charge >= 0.3 is 0 Å². The maximum absolute atomic E-state index is 10.7. The second-order valence-electron chi connectivity index (χ2n) is 11.3. The summed E-state index contributed by atoms with van der Waals surface area (Å²) in [5, 5.41) is 13.2. The molecule has 0 aliphatic rings. The van der Waals surface area contributed by atoms with Crippen LogP contribution in [0.25, 0.3) is 71.6 Å². The number of aromatic nitrogens is 3. The normalized spacial score (nSPS) is 11.8. The summed E-state index contributed by atoms with van der Waals surface area (Å²) in [4.78, 5) is 8.93. The van der Waals surface area contributed by atoms with Crippen LogP contribution in [0.2, 0.25) is 0 Å². The zero-order chi connectivity index (χ0) is 30.5. The van der Waals surface area contributed by atoms with E-state index < -0.39 is 5.40 Å². The first-order valence-electron chi connectivity index (χ1n) is 14.8. The highest BCUT2D eigenvalue weighted by Gasteiger charge is 2.25. The molecule has 4 nitrogen and oxygen atoms in total. The molecule has 0 aliphatic carbocycles. The van der Waals surface area contributed by atoms with Gasteiger partial charge in [0.25, 0.3) is 0 Å². The molecule has 0 saturated carbocycles. The van der Waals surface area contributed by atoms with Gasteiger partial charge in [-0.1, -0.05) is 97.1 Å². The molecule has 45 heavy (non-hydrogen) atoms. The summed E-state index contributed by atoms with van der Waals surface area (Å²) >= 11 is 0. The lowest BCUT2D eigenvalue weighted by Crippen LogP contribution is -2.30. The largest absolute Gasteiger partial charge is 0.402 e. The number of aliphatic hydroxyl groups is 1. The molecule has 4 radical (unpaired) electrons. The summed E-state index contributed by atoms with van der Waals surface area (Å²) in [7, 11) is 12.0. The van der Waals surface area contributed by atoms with E-state index in [2.05, 4.69) is 101 Å². The van der Waals surface area contributed by atoms with Gasteiger partial charge in [-0.2, -0.15) is 0 Å². The SMILES string of the molecule is [B]C([B])(O)c1nc2ccccc2n1-c1cccc(-c2c3ccccc3c(-c3cccc(-c4cccnc4)c3)c3ccccc23)c1. The number of hydrogen-bond donors (Lipinski definition) is 1. The molecule has 0 atom stereocenters. The minimum Gasteiger partial charge on any atom is -0.402 e. The summed E-state index contributed by atoms with van der Waals surface area (Å²) in [5.41, 5.74) is 8.97. The van der Waals surface area contributed by atoms with Crippen LogP contribution in [-0.4, -0.2) is 35.3 Å². The third-order valence-electron chi connectivity index (χ3n) is 8.39. The Hall–Kier alpha value is -5.45. The highest BCUT2D eigenvalue weighted by Crippen LogP contribution is 2.44. The zero-order valence-corrected chi connectivity index (χ0v) is 24.3. The minimum absolute atomic E-state index is 0.166. The van der Waals surface area contributed by atoms with Gasteiger partial charge in [-0.05, 0) is 85.8 Å². The third-order valence-corrected chi connectivity index (χ3v) is 8.39. The molecule has 6 heteroatoms. The molecule has 6 aromatic carbocycles. The Morgan fingerprint density at radius 2 is 1.11 bits per heavy atom. The molecule has 0 amide bonds. The van der Waals surface area contributed by atoms with Crippen molar-refractivity contribution in [1.82, 2.24) is 14.5 Å². The van der Waals surface area contributed by atoms with Gasteiger partial charge in [0.2, 0.25) is 0 Å². The van der Waals surface area contributed by atoms with Crippen molar-refractivity contribution in [2.75, 3.05) is 0 Å². The molecule has 2 aromatic heterocycles. The zero-order valence-electron chi connectivity index (χ0n) is 24.3. The van der Waals surface area contributed by atoms with Gasteiger partial charge in [-0.15, -0.1) is 0 Å². The Labute approximate surface area is 263 Å². The number of hydrogen-bond acceptors (Lipinski definition) is 3. The summed E-state index contributed by atoms with van der Waals surface area (Å²) in [6.45, 7) is 0. The number of nitrogens with zero attached hydrogens (tertiary/aromatic N) is 3. The molecule has 0 unspecified atom stereocenters. The van der Waals surface area contributed by atoms with Gasteiger partial charge in [-0.3, -0.25) is 9.55 Å². The maximum atomic E-state index is 10.7.